The number of alkyl halides is 3. The summed E-state index contributed by atoms with van der Waals surface area (Å²) in [7, 11) is 3.83. The van der Waals surface area contributed by atoms with Crippen LogP contribution in [0.5, 0.6) is 0 Å². The van der Waals surface area contributed by atoms with Crippen LogP contribution in [0.3, 0.4) is 0 Å². The molecule has 0 amide bonds. The van der Waals surface area contributed by atoms with Gasteiger partial charge in [0.2, 0.25) is 0 Å². The van der Waals surface area contributed by atoms with Crippen molar-refractivity contribution in [3.63, 3.8) is 0 Å². The van der Waals surface area contributed by atoms with Crippen LogP contribution >= 0.6 is 0 Å². The van der Waals surface area contributed by atoms with E-state index in [0.29, 0.717) is 0 Å². The zero-order chi connectivity index (χ0) is 9.78. The van der Waals surface area contributed by atoms with E-state index < -0.39 is 21.5 Å². The fourth-order valence-corrected chi connectivity index (χ4v) is 1.12. The van der Waals surface area contributed by atoms with Crippen molar-refractivity contribution in [1.29, 1.82) is 0 Å². The minimum atomic E-state index is -4.10. The van der Waals surface area contributed by atoms with E-state index in [1.54, 1.807) is 0 Å². The molecule has 0 radical (unpaired) electrons. The molecule has 0 spiro atoms. The fourth-order valence-electron chi connectivity index (χ4n) is 0.296. The average molecular weight is 203 g/mol. The van der Waals surface area contributed by atoms with Crippen molar-refractivity contribution in [2.24, 2.45) is 0 Å². The lowest BCUT2D eigenvalue weighted by Crippen LogP contribution is -2.11. The maximum Gasteiger partial charge on any atom is 0.401 e. The molecule has 1 rings (SSSR count). The van der Waals surface area contributed by atoms with Crippen molar-refractivity contribution >= 4 is 9.28 Å². The highest BCUT2D eigenvalue weighted by atomic mass is 28.3. The molecule has 1 aliphatic heterocycles. The largest absolute Gasteiger partial charge is 0.401 e. The van der Waals surface area contributed by atoms with E-state index >= 15 is 0 Å². The standard InChI is InChI=1S/C3H9N.C2H3F3O2Si/c1-4(2)3;3-2(4,5)1-8-6-7-8/h1-3H3;8H,1H2. The van der Waals surface area contributed by atoms with E-state index in [9.17, 15) is 13.2 Å². The van der Waals surface area contributed by atoms with Crippen LogP contribution < -0.4 is 0 Å². The smallest absolute Gasteiger partial charge is 0.312 e. The quantitative estimate of drug-likeness (QED) is 0.360. The molecule has 0 aromatic carbocycles. The van der Waals surface area contributed by atoms with Crippen molar-refractivity contribution in [3.8, 4) is 0 Å². The molecule has 0 aromatic heterocycles. The molecule has 74 valence electrons. The Labute approximate surface area is 70.8 Å². The molecule has 1 aliphatic rings. The van der Waals surface area contributed by atoms with Gasteiger partial charge in [-0.25, -0.2) is 0 Å². The molecule has 0 N–H and O–H groups in total. The number of rotatable bonds is 1. The zero-order valence-corrected chi connectivity index (χ0v) is 8.34. The van der Waals surface area contributed by atoms with Gasteiger partial charge in [-0.1, -0.05) is 0 Å². The van der Waals surface area contributed by atoms with E-state index in [-0.39, 0.29) is 0 Å². The molecule has 3 nitrogen and oxygen atoms in total. The minimum Gasteiger partial charge on any atom is -0.312 e. The van der Waals surface area contributed by atoms with Gasteiger partial charge in [0.1, 0.15) is 0 Å². The topological polar surface area (TPSA) is 28.3 Å². The predicted octanol–water partition coefficient (Wildman–Crippen LogP) is 0.909. The van der Waals surface area contributed by atoms with Gasteiger partial charge < -0.3 is 4.90 Å². The second kappa shape index (κ2) is 4.80. The van der Waals surface area contributed by atoms with Crippen LogP contribution in [0.2, 0.25) is 6.04 Å². The Kier molecular flexibility index (Phi) is 4.76. The Balaban J connectivity index is 0.000000261. The summed E-state index contributed by atoms with van der Waals surface area (Å²) >= 11 is 0. The predicted molar refractivity (Wildman–Crippen MR) is 39.8 cm³/mol. The Bertz CT molecular complexity index is 124. The van der Waals surface area contributed by atoms with Gasteiger partial charge in [-0.15, -0.1) is 0 Å². The molecule has 1 fully saturated rings. The lowest BCUT2D eigenvalue weighted by molar-refractivity contribution is -0.110. The molecule has 0 aliphatic carbocycles. The summed E-state index contributed by atoms with van der Waals surface area (Å²) in [6.07, 6.45) is -4.10. The minimum absolute atomic E-state index is 0.868. The van der Waals surface area contributed by atoms with Gasteiger partial charge in [0.15, 0.2) is 0 Å². The molecule has 0 aromatic rings. The number of hydrogen-bond donors (Lipinski definition) is 0. The molecule has 0 atom stereocenters. The molecule has 1 heterocycles. The Morgan fingerprint density at radius 2 is 1.50 bits per heavy atom. The second-order valence-corrected chi connectivity index (χ2v) is 4.44. The van der Waals surface area contributed by atoms with Gasteiger partial charge in [0.25, 0.3) is 0 Å². The van der Waals surface area contributed by atoms with Crippen molar-refractivity contribution in [2.75, 3.05) is 21.1 Å². The first-order valence-corrected chi connectivity index (χ1v) is 5.07. The van der Waals surface area contributed by atoms with Crippen molar-refractivity contribution in [1.82, 2.24) is 4.90 Å². The summed E-state index contributed by atoms with van der Waals surface area (Å²) in [5, 5.41) is 0. The monoisotopic (exact) mass is 203 g/mol. The van der Waals surface area contributed by atoms with Gasteiger partial charge in [0.05, 0.1) is 6.04 Å². The first-order chi connectivity index (χ1) is 5.31. The highest BCUT2D eigenvalue weighted by Crippen LogP contribution is 2.27. The lowest BCUT2D eigenvalue weighted by atomic mass is 10.8. The lowest BCUT2D eigenvalue weighted by Gasteiger charge is -1.97. The second-order valence-electron chi connectivity index (χ2n) is 2.78. The van der Waals surface area contributed by atoms with Gasteiger partial charge >= 0.3 is 15.5 Å². The maximum atomic E-state index is 11.2. The maximum absolute atomic E-state index is 11.2. The number of nitrogens with zero attached hydrogens (tertiary/aromatic N) is 1. The Morgan fingerprint density at radius 1 is 1.17 bits per heavy atom. The molecule has 0 bridgehead atoms. The first-order valence-electron chi connectivity index (χ1n) is 3.31. The third-order valence-electron chi connectivity index (χ3n) is 0.630. The van der Waals surface area contributed by atoms with Crippen LogP contribution in [0.4, 0.5) is 13.2 Å². The van der Waals surface area contributed by atoms with Crippen LogP contribution in [0, 0.1) is 0 Å². The normalized spacial score (nSPS) is 17.2. The fraction of sp³-hybridized carbons (Fsp3) is 1.00. The molecular weight excluding hydrogens is 191 g/mol. The highest BCUT2D eigenvalue weighted by molar-refractivity contribution is 6.49. The van der Waals surface area contributed by atoms with E-state index in [1.165, 1.54) is 0 Å². The summed E-state index contributed by atoms with van der Waals surface area (Å²) in [5.41, 5.74) is 0. The summed E-state index contributed by atoms with van der Waals surface area (Å²) in [6, 6.07) is -0.868. The van der Waals surface area contributed by atoms with E-state index in [1.807, 2.05) is 26.0 Å². The third kappa shape index (κ3) is 12.6. The molecule has 1 saturated heterocycles. The first kappa shape index (κ1) is 11.9. The van der Waals surface area contributed by atoms with Crippen LogP contribution in [0.1, 0.15) is 0 Å². The number of hydrogen-bond acceptors (Lipinski definition) is 3. The van der Waals surface area contributed by atoms with Crippen LogP contribution in [0.15, 0.2) is 0 Å². The van der Waals surface area contributed by atoms with Crippen LogP contribution in [-0.4, -0.2) is 41.5 Å². The molecule has 7 heteroatoms. The molecule has 0 saturated carbocycles. The van der Waals surface area contributed by atoms with E-state index in [4.69, 9.17) is 0 Å². The zero-order valence-electron chi connectivity index (χ0n) is 7.18. The third-order valence-corrected chi connectivity index (χ3v) is 1.89. The van der Waals surface area contributed by atoms with Gasteiger partial charge in [-0.3, -0.25) is 9.15 Å². The SMILES string of the molecule is CN(C)C.FC(F)(F)C[SiH]1OO1. The van der Waals surface area contributed by atoms with Crippen molar-refractivity contribution in [3.05, 3.63) is 0 Å². The van der Waals surface area contributed by atoms with Crippen LogP contribution in [-0.2, 0) is 9.15 Å². The summed E-state index contributed by atoms with van der Waals surface area (Å²) in [5.74, 6) is 0. The summed E-state index contributed by atoms with van der Waals surface area (Å²) < 4.78 is 41.7. The Hall–Kier alpha value is -0.113. The van der Waals surface area contributed by atoms with Crippen molar-refractivity contribution in [2.45, 2.75) is 12.2 Å². The van der Waals surface area contributed by atoms with Gasteiger partial charge in [0, 0.05) is 0 Å². The van der Waals surface area contributed by atoms with Crippen LogP contribution in [0.25, 0.3) is 0 Å². The van der Waals surface area contributed by atoms with E-state index in [2.05, 4.69) is 9.15 Å². The van der Waals surface area contributed by atoms with Crippen molar-refractivity contribution < 1.29 is 22.3 Å². The Morgan fingerprint density at radius 3 is 1.58 bits per heavy atom. The molecule has 12 heavy (non-hydrogen) atoms. The average Bonchev–Trinajstić information content (AvgIpc) is 2.42. The highest BCUT2D eigenvalue weighted by Gasteiger charge is 2.43. The summed E-state index contributed by atoms with van der Waals surface area (Å²) in [4.78, 5) is 2.00. The molecular formula is C5H12F3NO2Si. The van der Waals surface area contributed by atoms with Gasteiger partial charge in [-0.05, 0) is 21.1 Å². The molecule has 0 unspecified atom stereocenters. The summed E-state index contributed by atoms with van der Waals surface area (Å²) in [6.45, 7) is 0. The van der Waals surface area contributed by atoms with E-state index in [0.717, 1.165) is 0 Å². The number of halogens is 3. The van der Waals surface area contributed by atoms with Gasteiger partial charge in [-0.2, -0.15) is 13.2 Å².